The highest BCUT2D eigenvalue weighted by Gasteiger charge is 2.28. The molecule has 0 aliphatic carbocycles. The molecule has 0 aromatic heterocycles. The lowest BCUT2D eigenvalue weighted by Gasteiger charge is -2.23. The van der Waals surface area contributed by atoms with Crippen molar-refractivity contribution in [1.82, 2.24) is 0 Å². The number of hydrogen-bond donors (Lipinski definition) is 0. The monoisotopic (exact) mass is 224 g/mol. The number of hydrogen-bond acceptors (Lipinski definition) is 3. The molecule has 90 valence electrons. The van der Waals surface area contributed by atoms with Gasteiger partial charge in [0.2, 0.25) is 0 Å². The van der Waals surface area contributed by atoms with E-state index in [-0.39, 0.29) is 23.1 Å². The number of ketones is 1. The molecular weight excluding hydrogens is 204 g/mol. The summed E-state index contributed by atoms with van der Waals surface area (Å²) in [7, 11) is 0. The molecule has 0 N–H and O–H groups in total. The molecule has 1 atom stereocenters. The van der Waals surface area contributed by atoms with Crippen molar-refractivity contribution in [2.75, 3.05) is 6.61 Å². The van der Waals surface area contributed by atoms with Crippen molar-refractivity contribution in [2.45, 2.75) is 40.0 Å². The average Bonchev–Trinajstić information content (AvgIpc) is 2.15. The Morgan fingerprint density at radius 1 is 1.25 bits per heavy atom. The second kappa shape index (κ2) is 5.28. The highest BCUT2D eigenvalue weighted by Crippen LogP contribution is 2.28. The number of carbonyl (C=O) groups excluding carboxylic acids is 2. The molecule has 0 radical (unpaired) electrons. The van der Waals surface area contributed by atoms with Crippen LogP contribution in [0.25, 0.3) is 0 Å². The van der Waals surface area contributed by atoms with Crippen molar-refractivity contribution in [1.29, 1.82) is 0 Å². The summed E-state index contributed by atoms with van der Waals surface area (Å²) in [5.41, 5.74) is -0.299. The summed E-state index contributed by atoms with van der Waals surface area (Å²) in [5, 5.41) is 0. The third-order valence-corrected chi connectivity index (χ3v) is 2.82. The Hall–Kier alpha value is -1.12. The van der Waals surface area contributed by atoms with Crippen molar-refractivity contribution in [3.05, 3.63) is 12.2 Å². The highest BCUT2D eigenvalue weighted by molar-refractivity contribution is 5.82. The molecule has 1 aliphatic rings. The van der Waals surface area contributed by atoms with Gasteiger partial charge >= 0.3 is 5.97 Å². The number of cyclic esters (lactones) is 1. The van der Waals surface area contributed by atoms with Gasteiger partial charge in [-0.15, -0.1) is 0 Å². The zero-order valence-electron chi connectivity index (χ0n) is 10.3. The normalized spacial score (nSPS) is 29.1. The maximum Gasteiger partial charge on any atom is 0.306 e. The molecule has 0 saturated carbocycles. The summed E-state index contributed by atoms with van der Waals surface area (Å²) in [6.45, 7) is 6.12. The van der Waals surface area contributed by atoms with Crippen molar-refractivity contribution in [3.63, 3.8) is 0 Å². The van der Waals surface area contributed by atoms with Crippen LogP contribution in [0.4, 0.5) is 0 Å². The molecule has 0 aromatic rings. The number of esters is 1. The van der Waals surface area contributed by atoms with Crippen LogP contribution in [0, 0.1) is 11.3 Å². The van der Waals surface area contributed by atoms with E-state index >= 15 is 0 Å². The van der Waals surface area contributed by atoms with Gasteiger partial charge < -0.3 is 4.74 Å². The van der Waals surface area contributed by atoms with Crippen LogP contribution in [0.5, 0.6) is 0 Å². The number of ether oxygens (including phenoxy) is 1. The van der Waals surface area contributed by atoms with Crippen molar-refractivity contribution >= 4 is 11.8 Å². The van der Waals surface area contributed by atoms with Crippen LogP contribution in [-0.2, 0) is 14.3 Å². The highest BCUT2D eigenvalue weighted by atomic mass is 16.5. The first-order valence-electron chi connectivity index (χ1n) is 5.74. The minimum atomic E-state index is -0.299. The fourth-order valence-electron chi connectivity index (χ4n) is 1.79. The predicted octanol–water partition coefficient (Wildman–Crippen LogP) is 2.50. The van der Waals surface area contributed by atoms with Crippen LogP contribution in [0.1, 0.15) is 40.0 Å². The summed E-state index contributed by atoms with van der Waals surface area (Å²) in [5.74, 6) is 0.0325. The topological polar surface area (TPSA) is 43.4 Å². The zero-order chi connectivity index (χ0) is 12.2. The molecule has 0 spiro atoms. The molecule has 3 nitrogen and oxygen atoms in total. The second-order valence-electron chi connectivity index (χ2n) is 5.28. The minimum absolute atomic E-state index is 0.0312. The molecule has 0 amide bonds. The average molecular weight is 224 g/mol. The first-order chi connectivity index (χ1) is 7.41. The molecule has 16 heavy (non-hydrogen) atoms. The Balaban J connectivity index is 2.76. The van der Waals surface area contributed by atoms with Gasteiger partial charge in [-0.25, -0.2) is 0 Å². The largest absolute Gasteiger partial charge is 0.461 e. The zero-order valence-corrected chi connectivity index (χ0v) is 10.3. The van der Waals surface area contributed by atoms with Gasteiger partial charge in [0.15, 0.2) is 0 Å². The van der Waals surface area contributed by atoms with E-state index in [2.05, 4.69) is 0 Å². The van der Waals surface area contributed by atoms with E-state index in [0.29, 0.717) is 19.4 Å². The second-order valence-corrected chi connectivity index (χ2v) is 5.28. The number of rotatable bonds is 0. The number of allylic oxidation sites excluding steroid dienone is 1. The Morgan fingerprint density at radius 3 is 2.62 bits per heavy atom. The van der Waals surface area contributed by atoms with Crippen LogP contribution in [-0.4, -0.2) is 18.4 Å². The molecular formula is C13H20O3. The van der Waals surface area contributed by atoms with E-state index in [1.165, 1.54) is 0 Å². The number of carbonyl (C=O) groups is 2. The van der Waals surface area contributed by atoms with Crippen molar-refractivity contribution < 1.29 is 14.3 Å². The van der Waals surface area contributed by atoms with Gasteiger partial charge in [-0.05, 0) is 11.8 Å². The Labute approximate surface area is 96.9 Å². The molecule has 0 bridgehead atoms. The summed E-state index contributed by atoms with van der Waals surface area (Å²) in [4.78, 5) is 23.3. The van der Waals surface area contributed by atoms with Crippen LogP contribution in [0.15, 0.2) is 12.2 Å². The Kier molecular flexibility index (Phi) is 4.27. The van der Waals surface area contributed by atoms with Crippen molar-refractivity contribution in [2.24, 2.45) is 11.3 Å². The van der Waals surface area contributed by atoms with Gasteiger partial charge in [0.1, 0.15) is 12.4 Å². The van der Waals surface area contributed by atoms with E-state index in [1.807, 2.05) is 26.8 Å². The summed E-state index contributed by atoms with van der Waals surface area (Å²) >= 11 is 0. The van der Waals surface area contributed by atoms with Gasteiger partial charge in [-0.3, -0.25) is 9.59 Å². The van der Waals surface area contributed by atoms with E-state index < -0.39 is 0 Å². The molecule has 1 aliphatic heterocycles. The van der Waals surface area contributed by atoms with Crippen molar-refractivity contribution in [3.8, 4) is 0 Å². The Bertz CT molecular complexity index is 302. The van der Waals surface area contributed by atoms with Crippen LogP contribution >= 0.6 is 0 Å². The lowest BCUT2D eigenvalue weighted by molar-refractivity contribution is -0.145. The molecule has 3 heteroatoms. The fraction of sp³-hybridized carbons (Fsp3) is 0.692. The van der Waals surface area contributed by atoms with Gasteiger partial charge in [0, 0.05) is 12.3 Å². The van der Waals surface area contributed by atoms with Crippen LogP contribution < -0.4 is 0 Å². The quantitative estimate of drug-likeness (QED) is 0.469. The van der Waals surface area contributed by atoms with E-state index in [9.17, 15) is 9.59 Å². The molecule has 1 heterocycles. The molecule has 0 saturated heterocycles. The summed E-state index contributed by atoms with van der Waals surface area (Å²) in [6, 6.07) is 0. The third-order valence-electron chi connectivity index (χ3n) is 2.82. The Morgan fingerprint density at radius 2 is 1.94 bits per heavy atom. The van der Waals surface area contributed by atoms with Gasteiger partial charge in [0.05, 0.1) is 6.42 Å². The minimum Gasteiger partial charge on any atom is -0.461 e. The predicted molar refractivity (Wildman–Crippen MR) is 61.9 cm³/mol. The molecule has 0 fully saturated rings. The maximum atomic E-state index is 11.9. The van der Waals surface area contributed by atoms with E-state index in [0.717, 1.165) is 6.42 Å². The molecule has 1 unspecified atom stereocenters. The maximum absolute atomic E-state index is 11.9. The third kappa shape index (κ3) is 4.17. The fourth-order valence-corrected chi connectivity index (χ4v) is 1.79. The summed E-state index contributed by atoms with van der Waals surface area (Å²) in [6.07, 6.45) is 5.19. The summed E-state index contributed by atoms with van der Waals surface area (Å²) < 4.78 is 5.04. The standard InChI is InChI=1S/C13H20O3/c1-10-6-4-5-7-16-12(15)9-13(2,3)8-11(10)14/h4-5,10H,6-9H2,1-3H3/b5-4-. The first kappa shape index (κ1) is 12.9. The molecule has 1 rings (SSSR count). The first-order valence-corrected chi connectivity index (χ1v) is 5.74. The van der Waals surface area contributed by atoms with Crippen LogP contribution in [0.3, 0.4) is 0 Å². The SMILES string of the molecule is CC1C/C=C\COC(=O)CC(C)(C)CC1=O. The van der Waals surface area contributed by atoms with E-state index in [1.54, 1.807) is 6.08 Å². The van der Waals surface area contributed by atoms with Gasteiger partial charge in [0.25, 0.3) is 0 Å². The lowest BCUT2D eigenvalue weighted by atomic mass is 9.81. The smallest absolute Gasteiger partial charge is 0.306 e. The lowest BCUT2D eigenvalue weighted by Crippen LogP contribution is -2.24. The number of Topliss-reactive ketones (excluding diaryl/α,β-unsaturated/α-hetero) is 1. The van der Waals surface area contributed by atoms with Gasteiger partial charge in [-0.2, -0.15) is 0 Å². The molecule has 0 aromatic carbocycles. The van der Waals surface area contributed by atoms with Crippen LogP contribution in [0.2, 0.25) is 0 Å². The van der Waals surface area contributed by atoms with Gasteiger partial charge in [-0.1, -0.05) is 32.9 Å². The van der Waals surface area contributed by atoms with E-state index in [4.69, 9.17) is 4.74 Å².